The summed E-state index contributed by atoms with van der Waals surface area (Å²) < 4.78 is 38.6. The van der Waals surface area contributed by atoms with Crippen LogP contribution in [0.1, 0.15) is 35.4 Å². The molecule has 0 amide bonds. The van der Waals surface area contributed by atoms with Gasteiger partial charge in [-0.2, -0.15) is 13.2 Å². The van der Waals surface area contributed by atoms with Crippen LogP contribution in [0.2, 0.25) is 5.02 Å². The summed E-state index contributed by atoms with van der Waals surface area (Å²) in [6.45, 7) is 2.23. The summed E-state index contributed by atoms with van der Waals surface area (Å²) in [4.78, 5) is 0. The molecule has 2 N–H and O–H groups in total. The molecule has 2 atom stereocenters. The van der Waals surface area contributed by atoms with E-state index in [1.807, 2.05) is 19.1 Å². The Hall–Kier alpha value is -1.23. The third-order valence-electron chi connectivity index (χ3n) is 3.90. The molecule has 2 aromatic rings. The highest BCUT2D eigenvalue weighted by Gasteiger charge is 2.31. The molecule has 0 aliphatic heterocycles. The van der Waals surface area contributed by atoms with Crippen molar-refractivity contribution in [2.75, 3.05) is 6.54 Å². The quantitative estimate of drug-likeness (QED) is 0.748. The van der Waals surface area contributed by atoms with Crippen molar-refractivity contribution in [2.24, 2.45) is 5.73 Å². The minimum absolute atomic E-state index is 0. The van der Waals surface area contributed by atoms with E-state index in [2.05, 4.69) is 0 Å². The van der Waals surface area contributed by atoms with Crippen molar-refractivity contribution >= 4 is 24.0 Å². The van der Waals surface area contributed by atoms with Crippen molar-refractivity contribution in [2.45, 2.75) is 24.9 Å². The molecule has 0 saturated carbocycles. The van der Waals surface area contributed by atoms with Gasteiger partial charge in [-0.25, -0.2) is 0 Å². The van der Waals surface area contributed by atoms with Gasteiger partial charge in [0.05, 0.1) is 5.56 Å². The first kappa shape index (κ1) is 19.8. The predicted molar refractivity (Wildman–Crippen MR) is 90.4 cm³/mol. The molecule has 2 unspecified atom stereocenters. The minimum atomic E-state index is -4.35. The number of benzene rings is 2. The Morgan fingerprint density at radius 1 is 1.04 bits per heavy atom. The number of hydrogen-bond acceptors (Lipinski definition) is 1. The van der Waals surface area contributed by atoms with Crippen molar-refractivity contribution in [3.05, 3.63) is 70.2 Å². The van der Waals surface area contributed by atoms with Crippen molar-refractivity contribution < 1.29 is 13.2 Å². The summed E-state index contributed by atoms with van der Waals surface area (Å²) in [5.74, 6) is -0.200. The molecule has 23 heavy (non-hydrogen) atoms. The fourth-order valence-electron chi connectivity index (χ4n) is 2.57. The normalized spacial score (nSPS) is 14.0. The molecular formula is C17H18Cl2F3N. The van der Waals surface area contributed by atoms with E-state index in [0.29, 0.717) is 10.6 Å². The topological polar surface area (TPSA) is 26.0 Å². The number of halogens is 5. The van der Waals surface area contributed by atoms with Crippen molar-refractivity contribution in [3.8, 4) is 0 Å². The first-order chi connectivity index (χ1) is 10.3. The number of hydrogen-bond donors (Lipinski definition) is 1. The molecule has 2 rings (SSSR count). The van der Waals surface area contributed by atoms with E-state index < -0.39 is 11.7 Å². The Morgan fingerprint density at radius 3 is 2.17 bits per heavy atom. The van der Waals surface area contributed by atoms with Crippen LogP contribution in [0.4, 0.5) is 13.2 Å². The lowest BCUT2D eigenvalue weighted by atomic mass is 9.82. The summed E-state index contributed by atoms with van der Waals surface area (Å²) >= 11 is 5.87. The monoisotopic (exact) mass is 363 g/mol. The highest BCUT2D eigenvalue weighted by atomic mass is 35.5. The van der Waals surface area contributed by atoms with Crippen LogP contribution in [0.3, 0.4) is 0 Å². The lowest BCUT2D eigenvalue weighted by molar-refractivity contribution is -0.137. The van der Waals surface area contributed by atoms with Crippen LogP contribution in [0.5, 0.6) is 0 Å². The van der Waals surface area contributed by atoms with E-state index >= 15 is 0 Å². The zero-order chi connectivity index (χ0) is 16.3. The second kappa shape index (κ2) is 8.04. The second-order valence-electron chi connectivity index (χ2n) is 5.31. The molecule has 2 aromatic carbocycles. The molecule has 0 aliphatic carbocycles. The van der Waals surface area contributed by atoms with Gasteiger partial charge in [0.25, 0.3) is 0 Å². The van der Waals surface area contributed by atoms with Gasteiger partial charge in [-0.3, -0.25) is 0 Å². The number of alkyl halides is 3. The standard InChI is InChI=1S/C17H17ClF3N.ClH/c1-11(12-5-7-15(18)8-6-12)16(10-22)13-3-2-4-14(9-13)17(19,20)21;/h2-9,11,16H,10,22H2,1H3;1H. The third-order valence-corrected chi connectivity index (χ3v) is 4.15. The smallest absolute Gasteiger partial charge is 0.330 e. The highest BCUT2D eigenvalue weighted by molar-refractivity contribution is 6.30. The van der Waals surface area contributed by atoms with Crippen LogP contribution in [0.25, 0.3) is 0 Å². The van der Waals surface area contributed by atoms with Crippen LogP contribution in [0, 0.1) is 0 Å². The van der Waals surface area contributed by atoms with E-state index in [4.69, 9.17) is 17.3 Å². The highest BCUT2D eigenvalue weighted by Crippen LogP contribution is 2.36. The fraction of sp³-hybridized carbons (Fsp3) is 0.294. The van der Waals surface area contributed by atoms with Gasteiger partial charge in [-0.05, 0) is 41.8 Å². The van der Waals surface area contributed by atoms with Gasteiger partial charge in [-0.1, -0.05) is 48.9 Å². The molecular weight excluding hydrogens is 346 g/mol. The Bertz CT molecular complexity index is 626. The Balaban J connectivity index is 0.00000264. The third kappa shape index (κ3) is 4.87. The van der Waals surface area contributed by atoms with E-state index in [0.717, 1.165) is 11.6 Å². The van der Waals surface area contributed by atoms with Gasteiger partial charge in [0.2, 0.25) is 0 Å². The van der Waals surface area contributed by atoms with Gasteiger partial charge < -0.3 is 5.73 Å². The molecule has 0 heterocycles. The minimum Gasteiger partial charge on any atom is -0.330 e. The van der Waals surface area contributed by atoms with Crippen molar-refractivity contribution in [1.29, 1.82) is 0 Å². The Labute approximate surface area is 145 Å². The summed E-state index contributed by atoms with van der Waals surface area (Å²) in [6.07, 6.45) is -4.35. The summed E-state index contributed by atoms with van der Waals surface area (Å²) in [7, 11) is 0. The van der Waals surface area contributed by atoms with E-state index in [-0.39, 0.29) is 30.8 Å². The second-order valence-corrected chi connectivity index (χ2v) is 5.74. The Kier molecular flexibility index (Phi) is 6.93. The number of nitrogens with two attached hydrogens (primary N) is 1. The average Bonchev–Trinajstić information content (AvgIpc) is 2.48. The van der Waals surface area contributed by atoms with E-state index in [1.165, 1.54) is 12.1 Å². The maximum Gasteiger partial charge on any atom is 0.416 e. The predicted octanol–water partition coefficient (Wildman–Crippen LogP) is 5.63. The molecule has 0 fully saturated rings. The summed E-state index contributed by atoms with van der Waals surface area (Å²) in [5, 5.41) is 0.624. The first-order valence-electron chi connectivity index (χ1n) is 6.95. The van der Waals surface area contributed by atoms with Crippen LogP contribution in [0.15, 0.2) is 48.5 Å². The van der Waals surface area contributed by atoms with E-state index in [1.54, 1.807) is 18.2 Å². The SMILES string of the molecule is CC(c1ccc(Cl)cc1)C(CN)c1cccc(C(F)(F)F)c1.Cl. The van der Waals surface area contributed by atoms with Crippen molar-refractivity contribution in [3.63, 3.8) is 0 Å². The Morgan fingerprint density at radius 2 is 1.65 bits per heavy atom. The van der Waals surface area contributed by atoms with Crippen LogP contribution < -0.4 is 5.73 Å². The maximum atomic E-state index is 12.9. The molecule has 0 bridgehead atoms. The molecule has 0 spiro atoms. The zero-order valence-corrected chi connectivity index (χ0v) is 14.1. The molecule has 1 nitrogen and oxygen atoms in total. The average molecular weight is 364 g/mol. The van der Waals surface area contributed by atoms with E-state index in [9.17, 15) is 13.2 Å². The van der Waals surface area contributed by atoms with Gasteiger partial charge >= 0.3 is 6.18 Å². The molecule has 0 radical (unpaired) electrons. The first-order valence-corrected chi connectivity index (χ1v) is 7.33. The molecule has 0 saturated heterocycles. The van der Waals surface area contributed by atoms with Gasteiger partial charge in [0.1, 0.15) is 0 Å². The molecule has 0 aliphatic rings. The molecule has 126 valence electrons. The van der Waals surface area contributed by atoms with Gasteiger partial charge in [0.15, 0.2) is 0 Å². The summed E-state index contributed by atoms with van der Waals surface area (Å²) in [6, 6.07) is 12.7. The molecule has 6 heteroatoms. The number of rotatable bonds is 4. The zero-order valence-electron chi connectivity index (χ0n) is 12.5. The van der Waals surface area contributed by atoms with Gasteiger partial charge in [-0.15, -0.1) is 12.4 Å². The van der Waals surface area contributed by atoms with Crippen LogP contribution in [-0.4, -0.2) is 6.54 Å². The van der Waals surface area contributed by atoms with Crippen LogP contribution >= 0.6 is 24.0 Å². The largest absolute Gasteiger partial charge is 0.416 e. The maximum absolute atomic E-state index is 12.9. The fourth-order valence-corrected chi connectivity index (χ4v) is 2.70. The summed E-state index contributed by atoms with van der Waals surface area (Å²) in [5.41, 5.74) is 6.77. The van der Waals surface area contributed by atoms with Gasteiger partial charge in [0, 0.05) is 10.9 Å². The lowest BCUT2D eigenvalue weighted by Gasteiger charge is -2.24. The van der Waals surface area contributed by atoms with Crippen molar-refractivity contribution in [1.82, 2.24) is 0 Å². The van der Waals surface area contributed by atoms with Crippen LogP contribution in [-0.2, 0) is 6.18 Å². The molecule has 0 aromatic heterocycles. The lowest BCUT2D eigenvalue weighted by Crippen LogP contribution is -2.19.